The van der Waals surface area contributed by atoms with Crippen LogP contribution in [0.25, 0.3) is 10.8 Å². The largest absolute Gasteiger partial charge is 0.493 e. The fourth-order valence-corrected chi connectivity index (χ4v) is 2.60. The molecule has 24 heavy (non-hydrogen) atoms. The minimum Gasteiger partial charge on any atom is -0.493 e. The van der Waals surface area contributed by atoms with Gasteiger partial charge in [-0.3, -0.25) is 10.2 Å². The maximum Gasteiger partial charge on any atom is 0.280 e. The van der Waals surface area contributed by atoms with Gasteiger partial charge in [-0.05, 0) is 39.7 Å². The molecule has 0 saturated carbocycles. The molecular formula is C17H15BrN4O2. The standard InChI is InChI=1S/C17H15BrN4O2/c1-2-24-15-8-7-11-5-3-4-6-12(11)13(15)9-19-21-14-10-20-22-17(23)16(14)18/h3-10H,2H2,1H3,(H2,21,22,23)/b19-9+. The number of H-pyrrole nitrogens is 1. The number of fused-ring (bicyclic) bond motifs is 1. The van der Waals surface area contributed by atoms with Gasteiger partial charge in [0.15, 0.2) is 0 Å². The van der Waals surface area contributed by atoms with Crippen LogP contribution in [0.3, 0.4) is 0 Å². The lowest BCUT2D eigenvalue weighted by atomic mass is 10.0. The van der Waals surface area contributed by atoms with Crippen LogP contribution >= 0.6 is 15.9 Å². The summed E-state index contributed by atoms with van der Waals surface area (Å²) in [6.45, 7) is 2.50. The minimum absolute atomic E-state index is 0.324. The lowest BCUT2D eigenvalue weighted by Crippen LogP contribution is -2.10. The van der Waals surface area contributed by atoms with Crippen LogP contribution < -0.4 is 15.7 Å². The van der Waals surface area contributed by atoms with Gasteiger partial charge in [0.2, 0.25) is 0 Å². The van der Waals surface area contributed by atoms with Crippen molar-refractivity contribution in [2.24, 2.45) is 5.10 Å². The molecule has 6 nitrogen and oxygen atoms in total. The molecule has 0 radical (unpaired) electrons. The molecule has 1 aromatic heterocycles. The lowest BCUT2D eigenvalue weighted by molar-refractivity contribution is 0.340. The van der Waals surface area contributed by atoms with Crippen molar-refractivity contribution in [1.82, 2.24) is 10.2 Å². The van der Waals surface area contributed by atoms with Crippen molar-refractivity contribution in [1.29, 1.82) is 0 Å². The van der Waals surface area contributed by atoms with Gasteiger partial charge in [0, 0.05) is 5.56 Å². The number of rotatable bonds is 5. The van der Waals surface area contributed by atoms with Gasteiger partial charge in [0.1, 0.15) is 10.2 Å². The maximum atomic E-state index is 11.5. The molecule has 0 aliphatic carbocycles. The zero-order chi connectivity index (χ0) is 16.9. The van der Waals surface area contributed by atoms with E-state index < -0.39 is 0 Å². The van der Waals surface area contributed by atoms with E-state index in [1.807, 2.05) is 43.3 Å². The smallest absolute Gasteiger partial charge is 0.280 e. The Labute approximate surface area is 146 Å². The van der Waals surface area contributed by atoms with E-state index in [1.54, 1.807) is 6.21 Å². The molecule has 0 bridgehead atoms. The van der Waals surface area contributed by atoms with E-state index in [2.05, 4.69) is 36.7 Å². The number of nitrogens with zero attached hydrogens (tertiary/aromatic N) is 2. The Morgan fingerprint density at radius 1 is 1.33 bits per heavy atom. The first-order valence-electron chi connectivity index (χ1n) is 7.37. The Balaban J connectivity index is 1.97. The highest BCUT2D eigenvalue weighted by atomic mass is 79.9. The molecular weight excluding hydrogens is 372 g/mol. The van der Waals surface area contributed by atoms with Crippen molar-refractivity contribution in [2.75, 3.05) is 12.0 Å². The number of anilines is 1. The van der Waals surface area contributed by atoms with Gasteiger partial charge in [-0.15, -0.1) is 0 Å². The van der Waals surface area contributed by atoms with Crippen LogP contribution in [0.15, 0.2) is 57.0 Å². The van der Waals surface area contributed by atoms with Crippen molar-refractivity contribution < 1.29 is 4.74 Å². The highest BCUT2D eigenvalue weighted by molar-refractivity contribution is 9.10. The molecule has 3 aromatic rings. The minimum atomic E-state index is -0.324. The molecule has 122 valence electrons. The van der Waals surface area contributed by atoms with Gasteiger partial charge < -0.3 is 4.74 Å². The van der Waals surface area contributed by atoms with E-state index in [0.717, 1.165) is 22.1 Å². The second-order valence-corrected chi connectivity index (χ2v) is 5.72. The number of hydrogen-bond acceptors (Lipinski definition) is 5. The molecule has 3 rings (SSSR count). The van der Waals surface area contributed by atoms with E-state index in [-0.39, 0.29) is 5.56 Å². The maximum absolute atomic E-state index is 11.5. The molecule has 0 aliphatic heterocycles. The summed E-state index contributed by atoms with van der Waals surface area (Å²) in [4.78, 5) is 11.5. The summed E-state index contributed by atoms with van der Waals surface area (Å²) in [7, 11) is 0. The lowest BCUT2D eigenvalue weighted by Gasteiger charge is -2.10. The second-order valence-electron chi connectivity index (χ2n) is 4.93. The molecule has 0 amide bonds. The third kappa shape index (κ3) is 3.30. The second kappa shape index (κ2) is 7.27. The number of aromatic nitrogens is 2. The van der Waals surface area contributed by atoms with Gasteiger partial charge in [-0.2, -0.15) is 10.2 Å². The molecule has 2 N–H and O–H groups in total. The molecule has 0 unspecified atom stereocenters. The van der Waals surface area contributed by atoms with E-state index in [9.17, 15) is 4.79 Å². The number of nitrogens with one attached hydrogen (secondary N) is 2. The Bertz CT molecular complexity index is 953. The topological polar surface area (TPSA) is 79.4 Å². The molecule has 0 spiro atoms. The van der Waals surface area contributed by atoms with Crippen molar-refractivity contribution in [3.8, 4) is 5.75 Å². The average molecular weight is 387 g/mol. The zero-order valence-electron chi connectivity index (χ0n) is 12.9. The first-order chi connectivity index (χ1) is 11.7. The Morgan fingerprint density at radius 2 is 2.17 bits per heavy atom. The third-order valence-electron chi connectivity index (χ3n) is 3.40. The van der Waals surface area contributed by atoms with Crippen molar-refractivity contribution in [3.05, 3.63) is 63.0 Å². The summed E-state index contributed by atoms with van der Waals surface area (Å²) in [6.07, 6.45) is 3.16. The molecule has 1 heterocycles. The predicted octanol–water partition coefficient (Wildman–Crippen LogP) is 3.53. The van der Waals surface area contributed by atoms with Crippen LogP contribution in [0, 0.1) is 0 Å². The summed E-state index contributed by atoms with van der Waals surface area (Å²) in [5, 5.41) is 12.4. The third-order valence-corrected chi connectivity index (χ3v) is 4.19. The first kappa shape index (κ1) is 16.2. The number of hydrazone groups is 1. The van der Waals surface area contributed by atoms with Gasteiger partial charge in [-0.25, -0.2) is 5.10 Å². The van der Waals surface area contributed by atoms with Crippen LogP contribution in [0.1, 0.15) is 12.5 Å². The summed E-state index contributed by atoms with van der Waals surface area (Å²) in [6, 6.07) is 12.0. The van der Waals surface area contributed by atoms with E-state index in [1.165, 1.54) is 6.20 Å². The molecule has 0 aliphatic rings. The normalized spacial score (nSPS) is 11.1. The number of hydrogen-bond donors (Lipinski definition) is 2. The van der Waals surface area contributed by atoms with Gasteiger partial charge >= 0.3 is 0 Å². The SMILES string of the molecule is CCOc1ccc2ccccc2c1/C=N/Nc1cn[nH]c(=O)c1Br. The number of benzene rings is 2. The van der Waals surface area contributed by atoms with Gasteiger partial charge in [0.05, 0.1) is 24.7 Å². The molecule has 0 saturated heterocycles. The number of halogens is 1. The zero-order valence-corrected chi connectivity index (χ0v) is 14.5. The fraction of sp³-hybridized carbons (Fsp3) is 0.118. The van der Waals surface area contributed by atoms with E-state index >= 15 is 0 Å². The first-order valence-corrected chi connectivity index (χ1v) is 8.17. The van der Waals surface area contributed by atoms with E-state index in [0.29, 0.717) is 16.8 Å². The predicted molar refractivity (Wildman–Crippen MR) is 98.9 cm³/mol. The highest BCUT2D eigenvalue weighted by Crippen LogP contribution is 2.27. The van der Waals surface area contributed by atoms with Gasteiger partial charge in [0.25, 0.3) is 5.56 Å². The van der Waals surface area contributed by atoms with Crippen LogP contribution in [-0.2, 0) is 0 Å². The number of aromatic amines is 1. The highest BCUT2D eigenvalue weighted by Gasteiger charge is 2.07. The molecule has 7 heteroatoms. The molecule has 0 fully saturated rings. The Morgan fingerprint density at radius 3 is 3.00 bits per heavy atom. The average Bonchev–Trinajstić information content (AvgIpc) is 2.60. The van der Waals surface area contributed by atoms with Gasteiger partial charge in [-0.1, -0.05) is 30.3 Å². The van der Waals surface area contributed by atoms with Crippen LogP contribution in [0.4, 0.5) is 5.69 Å². The quantitative estimate of drug-likeness (QED) is 0.519. The van der Waals surface area contributed by atoms with Crippen molar-refractivity contribution >= 4 is 38.6 Å². The summed E-state index contributed by atoms with van der Waals surface area (Å²) >= 11 is 3.20. The van der Waals surface area contributed by atoms with Crippen molar-refractivity contribution in [3.63, 3.8) is 0 Å². The molecule has 2 aromatic carbocycles. The molecule has 0 atom stereocenters. The summed E-state index contributed by atoms with van der Waals surface area (Å²) < 4.78 is 6.04. The Hall–Kier alpha value is -2.67. The summed E-state index contributed by atoms with van der Waals surface area (Å²) in [5.74, 6) is 0.754. The monoisotopic (exact) mass is 386 g/mol. The van der Waals surface area contributed by atoms with Crippen LogP contribution in [0.5, 0.6) is 5.75 Å². The Kier molecular flexibility index (Phi) is 4.90. The van der Waals surface area contributed by atoms with Crippen molar-refractivity contribution in [2.45, 2.75) is 6.92 Å². The van der Waals surface area contributed by atoms with E-state index in [4.69, 9.17) is 4.74 Å². The summed E-state index contributed by atoms with van der Waals surface area (Å²) in [5.41, 5.74) is 3.85. The van der Waals surface area contributed by atoms with Crippen LogP contribution in [0.2, 0.25) is 0 Å². The number of ether oxygens (including phenoxy) is 1. The fourth-order valence-electron chi connectivity index (χ4n) is 2.32. The van der Waals surface area contributed by atoms with Crippen LogP contribution in [-0.4, -0.2) is 23.0 Å².